The van der Waals surface area contributed by atoms with Crippen molar-refractivity contribution in [1.82, 2.24) is 9.97 Å². The van der Waals surface area contributed by atoms with Gasteiger partial charge in [0.05, 0.1) is 11.4 Å². The van der Waals surface area contributed by atoms with Crippen molar-refractivity contribution in [1.29, 1.82) is 0 Å². The van der Waals surface area contributed by atoms with Gasteiger partial charge in [0.1, 0.15) is 11.2 Å². The third-order valence-electron chi connectivity index (χ3n) is 9.51. The first kappa shape index (κ1) is 26.6. The third kappa shape index (κ3) is 4.20. The van der Waals surface area contributed by atoms with Crippen molar-refractivity contribution < 1.29 is 4.42 Å². The molecular formula is C43H30N2O. The molecule has 3 heteroatoms. The second-order valence-electron chi connectivity index (χ2n) is 12.6. The van der Waals surface area contributed by atoms with Crippen LogP contribution < -0.4 is 0 Å². The molecule has 218 valence electrons. The van der Waals surface area contributed by atoms with Crippen LogP contribution in [0.15, 0.2) is 150 Å². The Morgan fingerprint density at radius 3 is 1.72 bits per heavy atom. The van der Waals surface area contributed by atoms with Crippen LogP contribution in [0.1, 0.15) is 25.0 Å². The summed E-state index contributed by atoms with van der Waals surface area (Å²) in [6, 6.07) is 51.1. The van der Waals surface area contributed by atoms with Crippen LogP contribution in [0.2, 0.25) is 0 Å². The third-order valence-corrected chi connectivity index (χ3v) is 9.51. The summed E-state index contributed by atoms with van der Waals surface area (Å²) >= 11 is 0. The first-order valence-electron chi connectivity index (χ1n) is 15.7. The molecule has 2 heterocycles. The lowest BCUT2D eigenvalue weighted by molar-refractivity contribution is 0.647. The number of nitrogens with zero attached hydrogens (tertiary/aromatic N) is 2. The van der Waals surface area contributed by atoms with Crippen LogP contribution in [0.5, 0.6) is 0 Å². The highest BCUT2D eigenvalue weighted by Gasteiger charge is 2.36. The van der Waals surface area contributed by atoms with E-state index in [0.29, 0.717) is 5.82 Å². The van der Waals surface area contributed by atoms with Crippen molar-refractivity contribution in [3.8, 4) is 56.2 Å². The zero-order valence-electron chi connectivity index (χ0n) is 25.7. The second-order valence-corrected chi connectivity index (χ2v) is 12.6. The molecule has 9 rings (SSSR count). The standard InChI is InChI=1S/C43H30N2O/c1-43(2)36-16-10-9-15-32(36)33-24-35-34-23-31(21-22-40(34)46-41(35)25-37(33)43)27-17-19-30(20-18-27)42-44-38(28-11-5-3-6-12-28)26-39(45-42)29-13-7-4-8-14-29/h3-26H,1-2H3. The maximum absolute atomic E-state index is 6.42. The molecule has 6 aromatic carbocycles. The van der Waals surface area contributed by atoms with Gasteiger partial charge in [-0.3, -0.25) is 0 Å². The fraction of sp³-hybridized carbons (Fsp3) is 0.0698. The van der Waals surface area contributed by atoms with Crippen LogP contribution in [0, 0.1) is 0 Å². The Balaban J connectivity index is 1.11. The van der Waals surface area contributed by atoms with Gasteiger partial charge in [-0.25, -0.2) is 9.97 Å². The molecule has 1 aliphatic rings. The van der Waals surface area contributed by atoms with E-state index in [1.165, 1.54) is 22.3 Å². The predicted molar refractivity (Wildman–Crippen MR) is 189 cm³/mol. The first-order chi connectivity index (χ1) is 22.5. The number of hydrogen-bond acceptors (Lipinski definition) is 3. The summed E-state index contributed by atoms with van der Waals surface area (Å²) < 4.78 is 6.42. The van der Waals surface area contributed by atoms with Crippen LogP contribution in [-0.2, 0) is 5.41 Å². The summed E-state index contributed by atoms with van der Waals surface area (Å²) in [4.78, 5) is 10.0. The zero-order valence-corrected chi connectivity index (χ0v) is 25.7. The van der Waals surface area contributed by atoms with Gasteiger partial charge >= 0.3 is 0 Å². The maximum atomic E-state index is 6.42. The molecule has 0 saturated carbocycles. The summed E-state index contributed by atoms with van der Waals surface area (Å²) in [7, 11) is 0. The smallest absolute Gasteiger partial charge is 0.160 e. The van der Waals surface area contributed by atoms with Crippen molar-refractivity contribution in [3.63, 3.8) is 0 Å². The van der Waals surface area contributed by atoms with E-state index in [2.05, 4.69) is 123 Å². The van der Waals surface area contributed by atoms with Gasteiger partial charge in [-0.05, 0) is 63.7 Å². The number of furan rings is 1. The second kappa shape index (κ2) is 10.1. The topological polar surface area (TPSA) is 38.9 Å². The molecule has 0 radical (unpaired) electrons. The molecule has 0 N–H and O–H groups in total. The zero-order chi connectivity index (χ0) is 30.8. The highest BCUT2D eigenvalue weighted by Crippen LogP contribution is 2.50. The molecule has 0 amide bonds. The number of fused-ring (bicyclic) bond motifs is 6. The molecule has 2 aromatic heterocycles. The quantitative estimate of drug-likeness (QED) is 0.205. The van der Waals surface area contributed by atoms with E-state index in [-0.39, 0.29) is 5.41 Å². The van der Waals surface area contributed by atoms with Gasteiger partial charge in [-0.15, -0.1) is 0 Å². The number of hydrogen-bond donors (Lipinski definition) is 0. The highest BCUT2D eigenvalue weighted by atomic mass is 16.3. The molecule has 1 aliphatic carbocycles. The SMILES string of the molecule is CC1(C)c2ccccc2-c2cc3c(cc21)oc1ccc(-c2ccc(-c4nc(-c5ccccc5)cc(-c5ccccc5)n4)cc2)cc13. The molecule has 0 saturated heterocycles. The summed E-state index contributed by atoms with van der Waals surface area (Å²) in [5.74, 6) is 0.708. The summed E-state index contributed by atoms with van der Waals surface area (Å²) in [6.07, 6.45) is 0. The number of aromatic nitrogens is 2. The van der Waals surface area contributed by atoms with Gasteiger partial charge < -0.3 is 4.42 Å². The van der Waals surface area contributed by atoms with E-state index in [0.717, 1.165) is 61.1 Å². The molecule has 0 bridgehead atoms. The Labute approximate surface area is 267 Å². The van der Waals surface area contributed by atoms with Crippen LogP contribution in [-0.4, -0.2) is 9.97 Å². The molecule has 0 atom stereocenters. The Hall–Kier alpha value is -5.80. The monoisotopic (exact) mass is 590 g/mol. The van der Waals surface area contributed by atoms with Crippen molar-refractivity contribution in [2.45, 2.75) is 19.3 Å². The molecule has 0 aliphatic heterocycles. The molecular weight excluding hydrogens is 560 g/mol. The fourth-order valence-corrected chi connectivity index (χ4v) is 7.05. The molecule has 0 spiro atoms. The van der Waals surface area contributed by atoms with E-state index in [1.807, 2.05) is 36.4 Å². The van der Waals surface area contributed by atoms with E-state index < -0.39 is 0 Å². The molecule has 0 fully saturated rings. The van der Waals surface area contributed by atoms with E-state index in [4.69, 9.17) is 14.4 Å². The predicted octanol–water partition coefficient (Wildman–Crippen LogP) is 11.4. The molecule has 3 nitrogen and oxygen atoms in total. The summed E-state index contributed by atoms with van der Waals surface area (Å²) in [5.41, 5.74) is 14.3. The summed E-state index contributed by atoms with van der Waals surface area (Å²) in [5, 5.41) is 2.28. The van der Waals surface area contributed by atoms with E-state index in [9.17, 15) is 0 Å². The lowest BCUT2D eigenvalue weighted by atomic mass is 9.82. The van der Waals surface area contributed by atoms with Crippen molar-refractivity contribution in [2.75, 3.05) is 0 Å². The van der Waals surface area contributed by atoms with Crippen molar-refractivity contribution in [2.24, 2.45) is 0 Å². The van der Waals surface area contributed by atoms with Crippen LogP contribution in [0.3, 0.4) is 0 Å². The lowest BCUT2D eigenvalue weighted by Gasteiger charge is -2.21. The highest BCUT2D eigenvalue weighted by molar-refractivity contribution is 6.09. The molecule has 8 aromatic rings. The van der Waals surface area contributed by atoms with Gasteiger partial charge in [-0.2, -0.15) is 0 Å². The van der Waals surface area contributed by atoms with Gasteiger partial charge in [0.25, 0.3) is 0 Å². The van der Waals surface area contributed by atoms with Gasteiger partial charge in [0, 0.05) is 32.9 Å². The Morgan fingerprint density at radius 2 is 1.02 bits per heavy atom. The lowest BCUT2D eigenvalue weighted by Crippen LogP contribution is -2.14. The normalized spacial score (nSPS) is 13.2. The number of rotatable bonds is 4. The maximum Gasteiger partial charge on any atom is 0.160 e. The molecule has 46 heavy (non-hydrogen) atoms. The van der Waals surface area contributed by atoms with Crippen molar-refractivity contribution in [3.05, 3.63) is 157 Å². The minimum atomic E-state index is -0.0574. The first-order valence-corrected chi connectivity index (χ1v) is 15.7. The van der Waals surface area contributed by atoms with Crippen LogP contribution in [0.4, 0.5) is 0 Å². The Morgan fingerprint density at radius 1 is 0.435 bits per heavy atom. The van der Waals surface area contributed by atoms with Gasteiger partial charge in [-0.1, -0.05) is 129 Å². The molecule has 0 unspecified atom stereocenters. The number of benzene rings is 6. The van der Waals surface area contributed by atoms with E-state index >= 15 is 0 Å². The Bertz CT molecular complexity index is 2360. The van der Waals surface area contributed by atoms with Gasteiger partial charge in [0.2, 0.25) is 0 Å². The Kier molecular flexibility index (Phi) is 5.85. The van der Waals surface area contributed by atoms with Crippen molar-refractivity contribution >= 4 is 21.9 Å². The van der Waals surface area contributed by atoms with Crippen LogP contribution >= 0.6 is 0 Å². The minimum Gasteiger partial charge on any atom is -0.456 e. The largest absolute Gasteiger partial charge is 0.456 e. The van der Waals surface area contributed by atoms with Crippen LogP contribution in [0.25, 0.3) is 78.1 Å². The minimum absolute atomic E-state index is 0.0574. The average Bonchev–Trinajstić information content (AvgIpc) is 3.59. The summed E-state index contributed by atoms with van der Waals surface area (Å²) in [6.45, 7) is 4.61. The average molecular weight is 591 g/mol. The van der Waals surface area contributed by atoms with E-state index in [1.54, 1.807) is 0 Å². The van der Waals surface area contributed by atoms with Gasteiger partial charge in [0.15, 0.2) is 5.82 Å². The fourth-order valence-electron chi connectivity index (χ4n) is 7.05.